The summed E-state index contributed by atoms with van der Waals surface area (Å²) in [7, 11) is 0. The van der Waals surface area contributed by atoms with Gasteiger partial charge in [0.1, 0.15) is 0 Å². The molecule has 0 bridgehead atoms. The second-order valence-electron chi connectivity index (χ2n) is 6.84. The quantitative estimate of drug-likeness (QED) is 0.830. The molecular formula is C16H27N3O2. The maximum Gasteiger partial charge on any atom is 0.228 e. The molecular weight excluding hydrogens is 266 g/mol. The third-order valence-corrected chi connectivity index (χ3v) is 5.59. The molecule has 5 nitrogen and oxygen atoms in total. The van der Waals surface area contributed by atoms with Crippen molar-refractivity contribution in [1.82, 2.24) is 15.1 Å². The monoisotopic (exact) mass is 293 g/mol. The molecule has 21 heavy (non-hydrogen) atoms. The molecule has 3 saturated heterocycles. The molecule has 3 heterocycles. The van der Waals surface area contributed by atoms with Crippen LogP contribution in [0.1, 0.15) is 33.1 Å². The molecule has 3 atom stereocenters. The van der Waals surface area contributed by atoms with Gasteiger partial charge in [0, 0.05) is 45.2 Å². The number of hydrogen-bond donors (Lipinski definition) is 1. The maximum atomic E-state index is 12.7. The summed E-state index contributed by atoms with van der Waals surface area (Å²) in [5, 5.41) is 3.40. The molecule has 3 aliphatic heterocycles. The van der Waals surface area contributed by atoms with Crippen molar-refractivity contribution in [1.29, 1.82) is 0 Å². The highest BCUT2D eigenvalue weighted by atomic mass is 16.2. The third kappa shape index (κ3) is 2.68. The molecule has 0 radical (unpaired) electrons. The number of nitrogens with zero attached hydrogens (tertiary/aromatic N) is 2. The average molecular weight is 293 g/mol. The Labute approximate surface area is 127 Å². The molecule has 0 spiro atoms. The summed E-state index contributed by atoms with van der Waals surface area (Å²) >= 11 is 0. The molecule has 3 rings (SSSR count). The van der Waals surface area contributed by atoms with E-state index in [0.717, 1.165) is 39.0 Å². The van der Waals surface area contributed by atoms with Gasteiger partial charge in [-0.05, 0) is 24.7 Å². The lowest BCUT2D eigenvalue weighted by Gasteiger charge is -2.27. The second kappa shape index (κ2) is 5.95. The van der Waals surface area contributed by atoms with Gasteiger partial charge >= 0.3 is 0 Å². The van der Waals surface area contributed by atoms with Crippen molar-refractivity contribution in [3.63, 3.8) is 0 Å². The molecule has 118 valence electrons. The Morgan fingerprint density at radius 3 is 2.38 bits per heavy atom. The van der Waals surface area contributed by atoms with E-state index in [-0.39, 0.29) is 17.7 Å². The largest absolute Gasteiger partial charge is 0.342 e. The number of fused-ring (bicyclic) bond motifs is 1. The predicted octanol–water partition coefficient (Wildman–Crippen LogP) is 0.701. The van der Waals surface area contributed by atoms with Crippen LogP contribution >= 0.6 is 0 Å². The van der Waals surface area contributed by atoms with Crippen LogP contribution in [0.4, 0.5) is 0 Å². The molecule has 3 aliphatic rings. The van der Waals surface area contributed by atoms with Crippen LogP contribution in [-0.4, -0.2) is 60.4 Å². The highest BCUT2D eigenvalue weighted by Crippen LogP contribution is 2.30. The second-order valence-corrected chi connectivity index (χ2v) is 6.84. The molecule has 1 N–H and O–H groups in total. The van der Waals surface area contributed by atoms with Gasteiger partial charge in [0.2, 0.25) is 11.8 Å². The van der Waals surface area contributed by atoms with Crippen LogP contribution in [0.2, 0.25) is 0 Å². The fourth-order valence-electron chi connectivity index (χ4n) is 4.27. The Balaban J connectivity index is 1.60. The van der Waals surface area contributed by atoms with Crippen molar-refractivity contribution in [2.24, 2.45) is 17.8 Å². The number of carbonyl (C=O) groups excluding carboxylic acids is 2. The van der Waals surface area contributed by atoms with Gasteiger partial charge in [-0.25, -0.2) is 0 Å². The summed E-state index contributed by atoms with van der Waals surface area (Å²) in [5.74, 6) is 1.53. The van der Waals surface area contributed by atoms with Crippen LogP contribution in [0.5, 0.6) is 0 Å². The van der Waals surface area contributed by atoms with Gasteiger partial charge < -0.3 is 15.1 Å². The van der Waals surface area contributed by atoms with E-state index in [9.17, 15) is 9.59 Å². The van der Waals surface area contributed by atoms with Crippen LogP contribution in [-0.2, 0) is 9.59 Å². The molecule has 2 amide bonds. The van der Waals surface area contributed by atoms with Gasteiger partial charge in [0.25, 0.3) is 0 Å². The lowest BCUT2D eigenvalue weighted by atomic mass is 10.0. The lowest BCUT2D eigenvalue weighted by Crippen LogP contribution is -2.39. The van der Waals surface area contributed by atoms with Crippen molar-refractivity contribution in [3.8, 4) is 0 Å². The summed E-state index contributed by atoms with van der Waals surface area (Å²) in [6, 6.07) is 0.303. The van der Waals surface area contributed by atoms with E-state index in [1.807, 2.05) is 9.80 Å². The Bertz CT molecular complexity index is 410. The molecule has 3 fully saturated rings. The van der Waals surface area contributed by atoms with E-state index in [0.29, 0.717) is 30.8 Å². The smallest absolute Gasteiger partial charge is 0.228 e. The molecule has 0 aromatic rings. The zero-order valence-electron chi connectivity index (χ0n) is 13.2. The van der Waals surface area contributed by atoms with Gasteiger partial charge in [-0.2, -0.15) is 0 Å². The molecule has 1 unspecified atom stereocenters. The van der Waals surface area contributed by atoms with E-state index < -0.39 is 0 Å². The summed E-state index contributed by atoms with van der Waals surface area (Å²) in [5.41, 5.74) is 0. The topological polar surface area (TPSA) is 52.7 Å². The Kier molecular flexibility index (Phi) is 4.20. The minimum atomic E-state index is -0.107. The van der Waals surface area contributed by atoms with E-state index in [4.69, 9.17) is 0 Å². The average Bonchev–Trinajstić information content (AvgIpc) is 3.14. The number of carbonyl (C=O) groups is 2. The number of rotatable bonds is 4. The van der Waals surface area contributed by atoms with Crippen molar-refractivity contribution < 1.29 is 9.59 Å². The fourth-order valence-corrected chi connectivity index (χ4v) is 4.27. The van der Waals surface area contributed by atoms with E-state index in [2.05, 4.69) is 19.2 Å². The van der Waals surface area contributed by atoms with Gasteiger partial charge in [0.05, 0.1) is 5.92 Å². The molecule has 0 aromatic carbocycles. The van der Waals surface area contributed by atoms with Crippen molar-refractivity contribution >= 4 is 11.8 Å². The Morgan fingerprint density at radius 1 is 1.19 bits per heavy atom. The number of hydrogen-bond acceptors (Lipinski definition) is 3. The zero-order chi connectivity index (χ0) is 15.0. The number of amides is 2. The summed E-state index contributed by atoms with van der Waals surface area (Å²) in [4.78, 5) is 28.9. The number of likely N-dealkylation sites (tertiary alicyclic amines) is 2. The first kappa shape index (κ1) is 14.8. The maximum absolute atomic E-state index is 12.7. The molecule has 0 aromatic heterocycles. The number of nitrogens with one attached hydrogen (secondary N) is 1. The summed E-state index contributed by atoms with van der Waals surface area (Å²) in [6.07, 6.45) is 2.37. The third-order valence-electron chi connectivity index (χ3n) is 5.59. The van der Waals surface area contributed by atoms with Crippen LogP contribution in [0.15, 0.2) is 0 Å². The van der Waals surface area contributed by atoms with Crippen LogP contribution in [0.25, 0.3) is 0 Å². The Hall–Kier alpha value is -1.10. The minimum Gasteiger partial charge on any atom is -0.342 e. The molecule has 0 saturated carbocycles. The van der Waals surface area contributed by atoms with E-state index in [1.54, 1.807) is 0 Å². The Morgan fingerprint density at radius 2 is 1.81 bits per heavy atom. The van der Waals surface area contributed by atoms with Crippen molar-refractivity contribution in [3.05, 3.63) is 0 Å². The van der Waals surface area contributed by atoms with Gasteiger partial charge in [-0.3, -0.25) is 9.59 Å². The molecule has 0 aliphatic carbocycles. The minimum absolute atomic E-state index is 0.107. The van der Waals surface area contributed by atoms with Crippen LogP contribution in [0.3, 0.4) is 0 Å². The SMILES string of the molecule is CCC(CC)N1CC(C(=O)N2C[C@H]3CNC[C@H]3C2)CC1=O. The normalized spacial score (nSPS) is 32.3. The van der Waals surface area contributed by atoms with Gasteiger partial charge in [-0.1, -0.05) is 13.8 Å². The highest BCUT2D eigenvalue weighted by molar-refractivity contribution is 5.89. The van der Waals surface area contributed by atoms with E-state index >= 15 is 0 Å². The fraction of sp³-hybridized carbons (Fsp3) is 0.875. The van der Waals surface area contributed by atoms with Gasteiger partial charge in [-0.15, -0.1) is 0 Å². The predicted molar refractivity (Wildman–Crippen MR) is 80.6 cm³/mol. The first-order valence-electron chi connectivity index (χ1n) is 8.43. The van der Waals surface area contributed by atoms with Crippen molar-refractivity contribution in [2.75, 3.05) is 32.7 Å². The first-order valence-corrected chi connectivity index (χ1v) is 8.43. The summed E-state index contributed by atoms with van der Waals surface area (Å²) < 4.78 is 0. The van der Waals surface area contributed by atoms with Gasteiger partial charge in [0.15, 0.2) is 0 Å². The van der Waals surface area contributed by atoms with Crippen LogP contribution in [0, 0.1) is 17.8 Å². The lowest BCUT2D eigenvalue weighted by molar-refractivity contribution is -0.135. The highest BCUT2D eigenvalue weighted by Gasteiger charge is 2.43. The molecule has 5 heteroatoms. The first-order chi connectivity index (χ1) is 10.1. The summed E-state index contributed by atoms with van der Waals surface area (Å²) in [6.45, 7) is 8.71. The van der Waals surface area contributed by atoms with Crippen molar-refractivity contribution in [2.45, 2.75) is 39.2 Å². The van der Waals surface area contributed by atoms with E-state index in [1.165, 1.54) is 0 Å². The van der Waals surface area contributed by atoms with Crippen LogP contribution < -0.4 is 5.32 Å². The standard InChI is InChI=1S/C16H27N3O2/c1-3-14(4-2)19-10-11(5-15(19)20)16(21)18-8-12-6-17-7-13(12)9-18/h11-14,17H,3-10H2,1-2H3/t11?,12-,13+. The zero-order valence-corrected chi connectivity index (χ0v) is 13.2.